The van der Waals surface area contributed by atoms with Crippen molar-refractivity contribution in [1.29, 1.82) is 0 Å². The molecule has 21 heavy (non-hydrogen) atoms. The third-order valence-electron chi connectivity index (χ3n) is 4.07. The van der Waals surface area contributed by atoms with Crippen LogP contribution < -0.4 is 10.6 Å². The van der Waals surface area contributed by atoms with Crippen LogP contribution in [0.4, 0.5) is 0 Å². The van der Waals surface area contributed by atoms with Gasteiger partial charge in [-0.1, -0.05) is 18.9 Å². The van der Waals surface area contributed by atoms with Crippen molar-refractivity contribution < 1.29 is 14.7 Å². The predicted molar refractivity (Wildman–Crippen MR) is 80.1 cm³/mol. The Morgan fingerprint density at radius 1 is 1.19 bits per heavy atom. The molecule has 1 saturated carbocycles. The van der Waals surface area contributed by atoms with Crippen LogP contribution in [0.2, 0.25) is 0 Å². The van der Waals surface area contributed by atoms with Crippen molar-refractivity contribution in [2.75, 3.05) is 13.7 Å². The van der Waals surface area contributed by atoms with E-state index in [0.717, 1.165) is 25.7 Å². The summed E-state index contributed by atoms with van der Waals surface area (Å²) in [5.41, 5.74) is 0.936. The summed E-state index contributed by atoms with van der Waals surface area (Å²) >= 11 is 0. The molecule has 0 spiro atoms. The van der Waals surface area contributed by atoms with Crippen LogP contribution in [0.15, 0.2) is 24.3 Å². The molecule has 5 nitrogen and oxygen atoms in total. The summed E-state index contributed by atoms with van der Waals surface area (Å²) in [7, 11) is 1.56. The molecule has 0 saturated heterocycles. The highest BCUT2D eigenvalue weighted by molar-refractivity contribution is 5.99. The van der Waals surface area contributed by atoms with E-state index in [1.54, 1.807) is 31.3 Å². The molecule has 0 aliphatic heterocycles. The lowest BCUT2D eigenvalue weighted by atomic mass is 9.85. The van der Waals surface area contributed by atoms with Crippen LogP contribution in [0.1, 0.15) is 46.4 Å². The van der Waals surface area contributed by atoms with Gasteiger partial charge < -0.3 is 15.7 Å². The summed E-state index contributed by atoms with van der Waals surface area (Å²) in [6, 6.07) is 6.67. The van der Waals surface area contributed by atoms with E-state index in [4.69, 9.17) is 0 Å². The van der Waals surface area contributed by atoms with Crippen molar-refractivity contribution in [2.24, 2.45) is 5.92 Å². The lowest BCUT2D eigenvalue weighted by molar-refractivity contribution is 0.0872. The first-order valence-corrected chi connectivity index (χ1v) is 7.39. The molecular formula is C16H22N2O3. The summed E-state index contributed by atoms with van der Waals surface area (Å²) in [6.07, 6.45) is 4.01. The van der Waals surface area contributed by atoms with Gasteiger partial charge in [-0.2, -0.15) is 0 Å². The van der Waals surface area contributed by atoms with Gasteiger partial charge in [0.05, 0.1) is 0 Å². The van der Waals surface area contributed by atoms with Gasteiger partial charge in [-0.15, -0.1) is 0 Å². The molecule has 2 atom stereocenters. The molecule has 2 amide bonds. The number of hydrogen-bond donors (Lipinski definition) is 3. The number of carbonyl (C=O) groups excluding carboxylic acids is 2. The van der Waals surface area contributed by atoms with Crippen LogP contribution >= 0.6 is 0 Å². The highest BCUT2D eigenvalue weighted by Gasteiger charge is 2.26. The number of aliphatic hydroxyl groups excluding tert-OH is 1. The van der Waals surface area contributed by atoms with E-state index in [-0.39, 0.29) is 30.4 Å². The van der Waals surface area contributed by atoms with Crippen molar-refractivity contribution in [3.63, 3.8) is 0 Å². The van der Waals surface area contributed by atoms with Gasteiger partial charge >= 0.3 is 0 Å². The molecule has 0 heterocycles. The third kappa shape index (κ3) is 3.82. The monoisotopic (exact) mass is 290 g/mol. The minimum atomic E-state index is -0.212. The van der Waals surface area contributed by atoms with Crippen molar-refractivity contribution in [3.05, 3.63) is 35.4 Å². The zero-order valence-electron chi connectivity index (χ0n) is 12.3. The Morgan fingerprint density at radius 3 is 2.52 bits per heavy atom. The van der Waals surface area contributed by atoms with Gasteiger partial charge in [0.25, 0.3) is 11.8 Å². The first-order chi connectivity index (χ1) is 10.2. The lowest BCUT2D eigenvalue weighted by Gasteiger charge is -2.30. The Hall–Kier alpha value is -1.88. The van der Waals surface area contributed by atoms with E-state index in [9.17, 15) is 14.7 Å². The average Bonchev–Trinajstić information content (AvgIpc) is 2.54. The smallest absolute Gasteiger partial charge is 0.251 e. The summed E-state index contributed by atoms with van der Waals surface area (Å²) in [5.74, 6) is -0.272. The Kier molecular flexibility index (Phi) is 5.33. The maximum atomic E-state index is 12.3. The quantitative estimate of drug-likeness (QED) is 0.782. The van der Waals surface area contributed by atoms with E-state index >= 15 is 0 Å². The lowest BCUT2D eigenvalue weighted by Crippen LogP contribution is -2.43. The molecule has 1 fully saturated rings. The molecule has 1 aromatic rings. The minimum absolute atomic E-state index is 0.0138. The number of rotatable bonds is 4. The van der Waals surface area contributed by atoms with Crippen LogP contribution in [0.3, 0.4) is 0 Å². The van der Waals surface area contributed by atoms with Gasteiger partial charge in [-0.25, -0.2) is 0 Å². The minimum Gasteiger partial charge on any atom is -0.396 e. The number of amides is 2. The van der Waals surface area contributed by atoms with Crippen molar-refractivity contribution in [2.45, 2.75) is 31.7 Å². The van der Waals surface area contributed by atoms with E-state index in [2.05, 4.69) is 10.6 Å². The second-order valence-corrected chi connectivity index (χ2v) is 5.47. The van der Waals surface area contributed by atoms with Gasteiger partial charge in [0.1, 0.15) is 0 Å². The zero-order valence-corrected chi connectivity index (χ0v) is 12.3. The Morgan fingerprint density at radius 2 is 1.86 bits per heavy atom. The van der Waals surface area contributed by atoms with Crippen LogP contribution in [-0.4, -0.2) is 36.6 Å². The molecule has 1 aliphatic carbocycles. The average molecular weight is 290 g/mol. The van der Waals surface area contributed by atoms with Gasteiger partial charge in [0.2, 0.25) is 0 Å². The van der Waals surface area contributed by atoms with E-state index in [0.29, 0.717) is 11.1 Å². The molecule has 114 valence electrons. The molecule has 1 aliphatic rings. The standard InChI is InChI=1S/C16H22N2O3/c1-17-15(20)11-6-4-7-12(9-11)16(21)18-14-8-3-2-5-13(14)10-19/h4,6-7,9,13-14,19H,2-3,5,8,10H2,1H3,(H,17,20)(H,18,21). The van der Waals surface area contributed by atoms with E-state index in [1.165, 1.54) is 0 Å². The second kappa shape index (κ2) is 7.22. The largest absolute Gasteiger partial charge is 0.396 e. The second-order valence-electron chi connectivity index (χ2n) is 5.47. The van der Waals surface area contributed by atoms with Gasteiger partial charge in [0, 0.05) is 36.7 Å². The number of carbonyl (C=O) groups is 2. The number of nitrogens with one attached hydrogen (secondary N) is 2. The normalized spacial score (nSPS) is 21.6. The van der Waals surface area contributed by atoms with E-state index in [1.807, 2.05) is 0 Å². The fraction of sp³-hybridized carbons (Fsp3) is 0.500. The van der Waals surface area contributed by atoms with Gasteiger partial charge in [-0.3, -0.25) is 9.59 Å². The topological polar surface area (TPSA) is 78.4 Å². The molecule has 5 heteroatoms. The van der Waals surface area contributed by atoms with Crippen molar-refractivity contribution in [3.8, 4) is 0 Å². The molecule has 2 rings (SSSR count). The summed E-state index contributed by atoms with van der Waals surface area (Å²) < 4.78 is 0. The molecule has 0 radical (unpaired) electrons. The molecule has 0 bridgehead atoms. The highest BCUT2D eigenvalue weighted by atomic mass is 16.3. The maximum Gasteiger partial charge on any atom is 0.251 e. The first kappa shape index (κ1) is 15.5. The fourth-order valence-corrected chi connectivity index (χ4v) is 2.81. The Balaban J connectivity index is 2.07. The Bertz CT molecular complexity index is 516. The van der Waals surface area contributed by atoms with Crippen LogP contribution in [-0.2, 0) is 0 Å². The van der Waals surface area contributed by atoms with Crippen LogP contribution in [0, 0.1) is 5.92 Å². The number of hydrogen-bond acceptors (Lipinski definition) is 3. The molecule has 2 unspecified atom stereocenters. The highest BCUT2D eigenvalue weighted by Crippen LogP contribution is 2.24. The molecule has 0 aromatic heterocycles. The first-order valence-electron chi connectivity index (χ1n) is 7.39. The molecule has 1 aromatic carbocycles. The van der Waals surface area contributed by atoms with Gasteiger partial charge in [0.15, 0.2) is 0 Å². The summed E-state index contributed by atoms with van der Waals surface area (Å²) in [5, 5.41) is 14.9. The SMILES string of the molecule is CNC(=O)c1cccc(C(=O)NC2CCCCC2CO)c1. The van der Waals surface area contributed by atoms with Gasteiger partial charge in [-0.05, 0) is 31.0 Å². The third-order valence-corrected chi connectivity index (χ3v) is 4.07. The van der Waals surface area contributed by atoms with Crippen molar-refractivity contribution in [1.82, 2.24) is 10.6 Å². The van der Waals surface area contributed by atoms with Crippen LogP contribution in [0.5, 0.6) is 0 Å². The van der Waals surface area contributed by atoms with E-state index < -0.39 is 0 Å². The zero-order chi connectivity index (χ0) is 15.2. The molecular weight excluding hydrogens is 268 g/mol. The molecule has 3 N–H and O–H groups in total. The van der Waals surface area contributed by atoms with Crippen molar-refractivity contribution >= 4 is 11.8 Å². The number of aliphatic hydroxyl groups is 1. The van der Waals surface area contributed by atoms with Crippen LogP contribution in [0.25, 0.3) is 0 Å². The summed E-state index contributed by atoms with van der Waals surface area (Å²) in [6.45, 7) is 0.100. The number of benzene rings is 1. The maximum absolute atomic E-state index is 12.3. The predicted octanol–water partition coefficient (Wildman–Crippen LogP) is 1.33. The summed E-state index contributed by atoms with van der Waals surface area (Å²) in [4.78, 5) is 23.9. The Labute approximate surface area is 124 Å². The fourth-order valence-electron chi connectivity index (χ4n) is 2.81.